The molecule has 80 valence electrons. The predicted molar refractivity (Wildman–Crippen MR) is 56.0 cm³/mol. The minimum absolute atomic E-state index is 0.0394. The lowest BCUT2D eigenvalue weighted by molar-refractivity contribution is -0.113. The highest BCUT2D eigenvalue weighted by atomic mass is 32.2. The second-order valence-electron chi connectivity index (χ2n) is 2.82. The van der Waals surface area contributed by atoms with Crippen molar-refractivity contribution < 1.29 is 13.2 Å². The molecule has 0 fully saturated rings. The smallest absolute Gasteiger partial charge is 0.241 e. The van der Waals surface area contributed by atoms with Crippen LogP contribution in [-0.4, -0.2) is 14.3 Å². The summed E-state index contributed by atoms with van der Waals surface area (Å²) >= 11 is 0. The van der Waals surface area contributed by atoms with E-state index >= 15 is 0 Å². The van der Waals surface area contributed by atoms with E-state index in [0.717, 1.165) is 6.08 Å². The third-order valence-corrected chi connectivity index (χ3v) is 2.64. The fourth-order valence-electron chi connectivity index (χ4n) is 1.05. The molecule has 0 aromatic heterocycles. The summed E-state index contributed by atoms with van der Waals surface area (Å²) in [5.74, 6) is -0.653. The van der Waals surface area contributed by atoms with Gasteiger partial charge < -0.3 is 5.73 Å². The van der Waals surface area contributed by atoms with E-state index in [0.29, 0.717) is 5.56 Å². The highest BCUT2D eigenvalue weighted by molar-refractivity contribution is 7.89. The number of hydrogen-bond acceptors (Lipinski definition) is 3. The van der Waals surface area contributed by atoms with Crippen molar-refractivity contribution in [3.8, 4) is 0 Å². The highest BCUT2D eigenvalue weighted by Crippen LogP contribution is 2.14. The minimum Gasteiger partial charge on any atom is -0.366 e. The molecule has 0 heterocycles. The van der Waals surface area contributed by atoms with Crippen LogP contribution in [0.5, 0.6) is 0 Å². The lowest BCUT2D eigenvalue weighted by Gasteiger charge is -2.01. The number of carbonyl (C=O) groups excluding carboxylic acids is 1. The first kappa shape index (κ1) is 11.4. The third kappa shape index (κ3) is 3.19. The van der Waals surface area contributed by atoms with E-state index in [1.54, 1.807) is 12.1 Å². The number of primary amides is 1. The average Bonchev–Trinajstić information content (AvgIpc) is 2.13. The average molecular weight is 226 g/mol. The van der Waals surface area contributed by atoms with Crippen molar-refractivity contribution in [2.45, 2.75) is 4.90 Å². The van der Waals surface area contributed by atoms with Crippen LogP contribution in [0.2, 0.25) is 0 Å². The maximum atomic E-state index is 11.1. The van der Waals surface area contributed by atoms with E-state index in [1.807, 2.05) is 0 Å². The molecule has 1 aromatic rings. The number of carbonyl (C=O) groups is 1. The molecular formula is C9H10N2O3S. The maximum absolute atomic E-state index is 11.1. The molecule has 5 nitrogen and oxygen atoms in total. The van der Waals surface area contributed by atoms with E-state index in [4.69, 9.17) is 10.9 Å². The van der Waals surface area contributed by atoms with Gasteiger partial charge in [0.15, 0.2) is 0 Å². The molecule has 1 amide bonds. The van der Waals surface area contributed by atoms with Crippen LogP contribution in [0.15, 0.2) is 35.2 Å². The Balaban J connectivity index is 3.25. The molecule has 4 N–H and O–H groups in total. The fraction of sp³-hybridized carbons (Fsp3) is 0. The van der Waals surface area contributed by atoms with Gasteiger partial charge in [-0.1, -0.05) is 18.2 Å². The van der Waals surface area contributed by atoms with Crippen LogP contribution in [0.1, 0.15) is 5.56 Å². The molecule has 0 aliphatic rings. The molecule has 0 atom stereocenters. The van der Waals surface area contributed by atoms with Crippen LogP contribution in [0.3, 0.4) is 0 Å². The number of hydrogen-bond donors (Lipinski definition) is 2. The van der Waals surface area contributed by atoms with E-state index < -0.39 is 15.9 Å². The Bertz CT molecular complexity index is 506. The Kier molecular flexibility index (Phi) is 3.23. The lowest BCUT2D eigenvalue weighted by atomic mass is 10.2. The molecule has 0 bridgehead atoms. The summed E-state index contributed by atoms with van der Waals surface area (Å²) in [4.78, 5) is 10.4. The zero-order chi connectivity index (χ0) is 11.5. The van der Waals surface area contributed by atoms with Crippen LogP contribution in [-0.2, 0) is 14.8 Å². The Hall–Kier alpha value is -1.66. The van der Waals surface area contributed by atoms with Gasteiger partial charge in [0.05, 0.1) is 4.90 Å². The number of nitrogens with two attached hydrogens (primary N) is 2. The molecule has 0 aliphatic heterocycles. The van der Waals surface area contributed by atoms with Crippen LogP contribution in [0, 0.1) is 0 Å². The molecule has 0 spiro atoms. The Morgan fingerprint density at radius 1 is 1.27 bits per heavy atom. The van der Waals surface area contributed by atoms with Crippen molar-refractivity contribution >= 4 is 22.0 Å². The van der Waals surface area contributed by atoms with Gasteiger partial charge in [-0.25, -0.2) is 13.6 Å². The van der Waals surface area contributed by atoms with Crippen LogP contribution >= 0.6 is 0 Å². The molecule has 6 heteroatoms. The first-order valence-corrected chi connectivity index (χ1v) is 5.55. The topological polar surface area (TPSA) is 103 Å². The first-order chi connectivity index (χ1) is 6.91. The van der Waals surface area contributed by atoms with Crippen molar-refractivity contribution in [1.82, 2.24) is 0 Å². The number of rotatable bonds is 3. The van der Waals surface area contributed by atoms with Gasteiger partial charge in [0, 0.05) is 6.08 Å². The number of primary sulfonamides is 1. The molecule has 1 aromatic carbocycles. The largest absolute Gasteiger partial charge is 0.366 e. The summed E-state index contributed by atoms with van der Waals surface area (Å²) in [6.45, 7) is 0. The van der Waals surface area contributed by atoms with Gasteiger partial charge in [0.2, 0.25) is 15.9 Å². The molecule has 0 unspecified atom stereocenters. The number of sulfonamides is 1. The molecule has 0 radical (unpaired) electrons. The normalized spacial score (nSPS) is 11.8. The Morgan fingerprint density at radius 2 is 1.87 bits per heavy atom. The van der Waals surface area contributed by atoms with Crippen molar-refractivity contribution in [1.29, 1.82) is 0 Å². The van der Waals surface area contributed by atoms with Gasteiger partial charge in [0.25, 0.3) is 0 Å². The summed E-state index contributed by atoms with van der Waals surface area (Å²) in [7, 11) is -3.78. The van der Waals surface area contributed by atoms with Crippen molar-refractivity contribution in [3.63, 3.8) is 0 Å². The molecule has 0 aliphatic carbocycles. The first-order valence-electron chi connectivity index (χ1n) is 4.00. The van der Waals surface area contributed by atoms with Gasteiger partial charge >= 0.3 is 0 Å². The fourth-order valence-corrected chi connectivity index (χ4v) is 1.78. The molecule has 15 heavy (non-hydrogen) atoms. The SMILES string of the molecule is NC(=O)C=Cc1ccccc1S(N)(=O)=O. The van der Waals surface area contributed by atoms with Crippen LogP contribution < -0.4 is 10.9 Å². The Labute approximate surface area is 87.4 Å². The molecular weight excluding hydrogens is 216 g/mol. The monoisotopic (exact) mass is 226 g/mol. The Morgan fingerprint density at radius 3 is 2.40 bits per heavy atom. The second-order valence-corrected chi connectivity index (χ2v) is 4.35. The second kappa shape index (κ2) is 4.24. The third-order valence-electron chi connectivity index (χ3n) is 1.65. The van der Waals surface area contributed by atoms with Gasteiger partial charge in [-0.15, -0.1) is 0 Å². The van der Waals surface area contributed by atoms with Gasteiger partial charge in [-0.05, 0) is 17.7 Å². The summed E-state index contributed by atoms with van der Waals surface area (Å²) in [5.41, 5.74) is 5.23. The van der Waals surface area contributed by atoms with Gasteiger partial charge in [-0.3, -0.25) is 4.79 Å². The molecule has 0 saturated carbocycles. The minimum atomic E-state index is -3.78. The summed E-state index contributed by atoms with van der Waals surface area (Å²) in [5, 5.41) is 4.99. The zero-order valence-corrected chi connectivity index (χ0v) is 8.57. The highest BCUT2D eigenvalue weighted by Gasteiger charge is 2.10. The van der Waals surface area contributed by atoms with Crippen molar-refractivity contribution in [2.75, 3.05) is 0 Å². The quantitative estimate of drug-likeness (QED) is 0.699. The van der Waals surface area contributed by atoms with Crippen molar-refractivity contribution in [2.24, 2.45) is 10.9 Å². The van der Waals surface area contributed by atoms with Crippen LogP contribution in [0.25, 0.3) is 6.08 Å². The predicted octanol–water partition coefficient (Wildman–Crippen LogP) is -0.167. The standard InChI is InChI=1S/C9H10N2O3S/c10-9(12)6-5-7-3-1-2-4-8(7)15(11,13)14/h1-6H,(H2,10,12)(H2,11,13,14). The lowest BCUT2D eigenvalue weighted by Crippen LogP contribution is -2.13. The number of benzene rings is 1. The zero-order valence-electron chi connectivity index (χ0n) is 7.75. The summed E-state index contributed by atoms with van der Waals surface area (Å²) < 4.78 is 22.3. The van der Waals surface area contributed by atoms with Gasteiger partial charge in [-0.2, -0.15) is 0 Å². The summed E-state index contributed by atoms with van der Waals surface area (Å²) in [6.07, 6.45) is 2.38. The van der Waals surface area contributed by atoms with E-state index in [1.165, 1.54) is 18.2 Å². The van der Waals surface area contributed by atoms with E-state index in [9.17, 15) is 13.2 Å². The maximum Gasteiger partial charge on any atom is 0.241 e. The summed E-state index contributed by atoms with van der Waals surface area (Å²) in [6, 6.07) is 6.06. The number of amides is 1. The van der Waals surface area contributed by atoms with Crippen LogP contribution in [0.4, 0.5) is 0 Å². The van der Waals surface area contributed by atoms with E-state index in [-0.39, 0.29) is 4.90 Å². The van der Waals surface area contributed by atoms with Gasteiger partial charge in [0.1, 0.15) is 0 Å². The van der Waals surface area contributed by atoms with Crippen molar-refractivity contribution in [3.05, 3.63) is 35.9 Å². The van der Waals surface area contributed by atoms with E-state index in [2.05, 4.69) is 0 Å². The molecule has 1 rings (SSSR count). The molecule has 0 saturated heterocycles.